The van der Waals surface area contributed by atoms with Crippen LogP contribution in [0.25, 0.3) is 10.9 Å². The van der Waals surface area contributed by atoms with Crippen molar-refractivity contribution in [2.75, 3.05) is 7.11 Å². The van der Waals surface area contributed by atoms with Gasteiger partial charge in [-0.05, 0) is 18.2 Å². The Morgan fingerprint density at radius 3 is 2.57 bits per heavy atom. The highest BCUT2D eigenvalue weighted by Gasteiger charge is 2.11. The molecule has 1 heterocycles. The van der Waals surface area contributed by atoms with Gasteiger partial charge in [0.15, 0.2) is 0 Å². The second-order valence-electron chi connectivity index (χ2n) is 4.57. The number of rotatable bonds is 3. The molecule has 106 valence electrons. The minimum Gasteiger partial charge on any atom is -0.496 e. The number of aromatic nitrogens is 1. The molecule has 3 rings (SSSR count). The molecule has 0 fully saturated rings. The normalized spacial score (nSPS) is 10.7. The van der Waals surface area contributed by atoms with Crippen molar-refractivity contribution in [3.8, 4) is 5.75 Å². The Labute approximate surface area is 120 Å². The number of ether oxygens (including phenoxy) is 1. The summed E-state index contributed by atoms with van der Waals surface area (Å²) >= 11 is 0. The maximum Gasteiger partial charge on any atom is 0.422 e. The fourth-order valence-electron chi connectivity index (χ4n) is 2.32. The third kappa shape index (κ3) is 2.33. The molecule has 0 N–H and O–H groups in total. The molecule has 21 heavy (non-hydrogen) atoms. The first-order chi connectivity index (χ1) is 10.2. The lowest BCUT2D eigenvalue weighted by molar-refractivity contribution is 0.400. The van der Waals surface area contributed by atoms with Crippen LogP contribution in [0.3, 0.4) is 0 Å². The molecular weight excluding hydrogens is 270 g/mol. The Hall–Kier alpha value is -2.82. The van der Waals surface area contributed by atoms with Gasteiger partial charge in [0.1, 0.15) is 5.75 Å². The molecule has 0 bridgehead atoms. The first kappa shape index (κ1) is 13.2. The maximum atomic E-state index is 12.0. The predicted molar refractivity (Wildman–Crippen MR) is 78.8 cm³/mol. The van der Waals surface area contributed by atoms with E-state index < -0.39 is 11.4 Å². The van der Waals surface area contributed by atoms with Crippen LogP contribution in [0.2, 0.25) is 0 Å². The number of benzene rings is 2. The van der Waals surface area contributed by atoms with E-state index in [1.54, 1.807) is 31.4 Å². The summed E-state index contributed by atoms with van der Waals surface area (Å²) in [5.74, 6) is 0.00397. The lowest BCUT2D eigenvalue weighted by atomic mass is 10.2. The van der Waals surface area contributed by atoms with Gasteiger partial charge >= 0.3 is 11.4 Å². The predicted octanol–water partition coefficient (Wildman–Crippen LogP) is 2.01. The zero-order chi connectivity index (χ0) is 14.8. The van der Waals surface area contributed by atoms with Gasteiger partial charge in [-0.25, -0.2) is 9.59 Å². The summed E-state index contributed by atoms with van der Waals surface area (Å²) in [6.07, 6.45) is 0. The Kier molecular flexibility index (Phi) is 3.31. The van der Waals surface area contributed by atoms with Gasteiger partial charge in [0.25, 0.3) is 0 Å². The Balaban J connectivity index is 2.22. The Morgan fingerprint density at radius 2 is 1.76 bits per heavy atom. The largest absolute Gasteiger partial charge is 0.496 e. The van der Waals surface area contributed by atoms with Crippen LogP contribution in [0, 0.1) is 0 Å². The van der Waals surface area contributed by atoms with Gasteiger partial charge < -0.3 is 9.15 Å². The van der Waals surface area contributed by atoms with Crippen LogP contribution >= 0.6 is 0 Å². The molecule has 5 heteroatoms. The second kappa shape index (κ2) is 5.28. The Morgan fingerprint density at radius 1 is 1.05 bits per heavy atom. The standard InChI is InChI=1S/C16H13NO4/c1-20-14-9-5-2-6-11(14)10-17-13-8-4-3-7-12(13)15(18)21-16(17)19/h2-9H,10H2,1H3. The van der Waals surface area contributed by atoms with Gasteiger partial charge in [-0.2, -0.15) is 0 Å². The van der Waals surface area contributed by atoms with Crippen LogP contribution in [0.15, 0.2) is 62.5 Å². The number of nitrogens with zero attached hydrogens (tertiary/aromatic N) is 1. The first-order valence-electron chi connectivity index (χ1n) is 6.45. The lowest BCUT2D eigenvalue weighted by Crippen LogP contribution is -2.25. The molecular formula is C16H13NO4. The number of methoxy groups -OCH3 is 1. The Bertz CT molecular complexity index is 908. The molecule has 0 aliphatic carbocycles. The SMILES string of the molecule is COc1ccccc1Cn1c(=O)oc(=O)c2ccccc21. The molecule has 0 saturated heterocycles. The number of fused-ring (bicyclic) bond motifs is 1. The summed E-state index contributed by atoms with van der Waals surface area (Å²) in [5.41, 5.74) is 0.762. The van der Waals surface area contributed by atoms with Crippen molar-refractivity contribution in [3.63, 3.8) is 0 Å². The van der Waals surface area contributed by atoms with Gasteiger partial charge in [0.2, 0.25) is 0 Å². The monoisotopic (exact) mass is 283 g/mol. The van der Waals surface area contributed by atoms with Crippen molar-refractivity contribution >= 4 is 10.9 Å². The molecule has 0 spiro atoms. The number of para-hydroxylation sites is 2. The van der Waals surface area contributed by atoms with E-state index in [1.807, 2.05) is 24.3 Å². The van der Waals surface area contributed by atoms with Crippen molar-refractivity contribution in [1.29, 1.82) is 0 Å². The van der Waals surface area contributed by atoms with Gasteiger partial charge in [0, 0.05) is 5.56 Å². The molecule has 3 aromatic rings. The number of hydrogen-bond acceptors (Lipinski definition) is 4. The summed E-state index contributed by atoms with van der Waals surface area (Å²) in [4.78, 5) is 23.7. The smallest absolute Gasteiger partial charge is 0.422 e. The summed E-state index contributed by atoms with van der Waals surface area (Å²) < 4.78 is 11.5. The topological polar surface area (TPSA) is 61.4 Å². The van der Waals surface area contributed by atoms with Crippen LogP contribution in [0.1, 0.15) is 5.56 Å². The van der Waals surface area contributed by atoms with Crippen LogP contribution in [0.5, 0.6) is 5.75 Å². The molecule has 0 atom stereocenters. The molecule has 1 aromatic heterocycles. The highest BCUT2D eigenvalue weighted by Crippen LogP contribution is 2.19. The minimum atomic E-state index is -0.676. The summed E-state index contributed by atoms with van der Waals surface area (Å²) in [6.45, 7) is 0.271. The van der Waals surface area contributed by atoms with E-state index in [9.17, 15) is 9.59 Å². The maximum absolute atomic E-state index is 12.0. The van der Waals surface area contributed by atoms with Crippen LogP contribution in [-0.2, 0) is 6.54 Å². The van der Waals surface area contributed by atoms with Crippen molar-refractivity contribution in [2.45, 2.75) is 6.54 Å². The lowest BCUT2D eigenvalue weighted by Gasteiger charge is -2.11. The third-order valence-electron chi connectivity index (χ3n) is 3.34. The molecule has 0 aliphatic heterocycles. The van der Waals surface area contributed by atoms with E-state index in [0.717, 1.165) is 5.56 Å². The molecule has 0 radical (unpaired) electrons. The quantitative estimate of drug-likeness (QED) is 0.737. The minimum absolute atomic E-state index is 0.271. The highest BCUT2D eigenvalue weighted by atomic mass is 16.5. The molecule has 0 saturated carbocycles. The van der Waals surface area contributed by atoms with Crippen LogP contribution < -0.4 is 16.1 Å². The molecule has 2 aromatic carbocycles. The van der Waals surface area contributed by atoms with Crippen molar-refractivity contribution in [2.24, 2.45) is 0 Å². The van der Waals surface area contributed by atoms with E-state index in [1.165, 1.54) is 4.57 Å². The highest BCUT2D eigenvalue weighted by molar-refractivity contribution is 5.77. The van der Waals surface area contributed by atoms with Gasteiger partial charge in [-0.15, -0.1) is 0 Å². The third-order valence-corrected chi connectivity index (χ3v) is 3.34. The van der Waals surface area contributed by atoms with Gasteiger partial charge in [-0.3, -0.25) is 4.57 Å². The first-order valence-corrected chi connectivity index (χ1v) is 6.45. The fraction of sp³-hybridized carbons (Fsp3) is 0.125. The molecule has 0 amide bonds. The summed E-state index contributed by atoms with van der Waals surface area (Å²) in [5, 5.41) is 0.381. The average Bonchev–Trinajstić information content (AvgIpc) is 2.52. The summed E-state index contributed by atoms with van der Waals surface area (Å²) in [6, 6.07) is 14.3. The van der Waals surface area contributed by atoms with Crippen molar-refractivity contribution < 1.29 is 9.15 Å². The molecule has 5 nitrogen and oxygen atoms in total. The van der Waals surface area contributed by atoms with E-state index >= 15 is 0 Å². The molecule has 0 unspecified atom stereocenters. The second-order valence-corrected chi connectivity index (χ2v) is 4.57. The van der Waals surface area contributed by atoms with Crippen LogP contribution in [0.4, 0.5) is 0 Å². The van der Waals surface area contributed by atoms with E-state index in [-0.39, 0.29) is 6.54 Å². The van der Waals surface area contributed by atoms with E-state index in [4.69, 9.17) is 9.15 Å². The van der Waals surface area contributed by atoms with Gasteiger partial charge in [0.05, 0.1) is 24.6 Å². The van der Waals surface area contributed by atoms with E-state index in [2.05, 4.69) is 0 Å². The zero-order valence-corrected chi connectivity index (χ0v) is 11.4. The van der Waals surface area contributed by atoms with Gasteiger partial charge in [-0.1, -0.05) is 30.3 Å². The molecule has 0 aliphatic rings. The van der Waals surface area contributed by atoms with E-state index in [0.29, 0.717) is 16.7 Å². The summed E-state index contributed by atoms with van der Waals surface area (Å²) in [7, 11) is 1.57. The zero-order valence-electron chi connectivity index (χ0n) is 11.4. The fourth-order valence-corrected chi connectivity index (χ4v) is 2.32. The van der Waals surface area contributed by atoms with Crippen LogP contribution in [-0.4, -0.2) is 11.7 Å². The average molecular weight is 283 g/mol. The number of hydrogen-bond donors (Lipinski definition) is 0. The van der Waals surface area contributed by atoms with Crippen molar-refractivity contribution in [1.82, 2.24) is 4.57 Å². The van der Waals surface area contributed by atoms with Crippen molar-refractivity contribution in [3.05, 3.63) is 75.1 Å².